The van der Waals surface area contributed by atoms with E-state index in [9.17, 15) is 0 Å². The van der Waals surface area contributed by atoms with E-state index < -0.39 is 0 Å². The van der Waals surface area contributed by atoms with Gasteiger partial charge in [0.25, 0.3) is 0 Å². The summed E-state index contributed by atoms with van der Waals surface area (Å²) < 4.78 is 0. The van der Waals surface area contributed by atoms with E-state index >= 15 is 0 Å². The minimum atomic E-state index is 0.969. The maximum atomic E-state index is 2.62. The molecule has 0 nitrogen and oxygen atoms in total. The Morgan fingerprint density at radius 3 is 2.39 bits per heavy atom. The summed E-state index contributed by atoms with van der Waals surface area (Å²) in [6, 6.07) is 0. The van der Waals surface area contributed by atoms with E-state index in [1.54, 1.807) is 25.7 Å². The summed E-state index contributed by atoms with van der Waals surface area (Å²) in [5.41, 5.74) is 0. The summed E-state index contributed by atoms with van der Waals surface area (Å²) in [5.74, 6) is 10.7. The van der Waals surface area contributed by atoms with E-state index in [2.05, 4.69) is 26.0 Å². The average Bonchev–Trinajstić information content (AvgIpc) is 3.06. The van der Waals surface area contributed by atoms with Crippen molar-refractivity contribution in [2.75, 3.05) is 0 Å². The number of hydrogen-bond donors (Lipinski definition) is 0. The van der Waals surface area contributed by atoms with Gasteiger partial charge in [-0.2, -0.15) is 0 Å². The highest BCUT2D eigenvalue weighted by atomic mass is 14.7. The van der Waals surface area contributed by atoms with Crippen LogP contribution in [-0.2, 0) is 0 Å². The van der Waals surface area contributed by atoms with Crippen LogP contribution in [0.15, 0.2) is 12.2 Å². The van der Waals surface area contributed by atoms with E-state index in [4.69, 9.17) is 0 Å². The van der Waals surface area contributed by atoms with Crippen LogP contribution >= 0.6 is 0 Å². The summed E-state index contributed by atoms with van der Waals surface area (Å²) in [4.78, 5) is 0. The Balaban J connectivity index is 1.61. The largest absolute Gasteiger partial charge is 0.0845 e. The first-order valence-corrected chi connectivity index (χ1v) is 8.45. The van der Waals surface area contributed by atoms with Gasteiger partial charge in [0.2, 0.25) is 0 Å². The van der Waals surface area contributed by atoms with Crippen molar-refractivity contribution in [2.45, 2.75) is 39.5 Å². The summed E-state index contributed by atoms with van der Waals surface area (Å²) in [6.45, 7) is 5.16. The molecule has 10 unspecified atom stereocenters. The lowest BCUT2D eigenvalue weighted by Crippen LogP contribution is -2.34. The number of hydrogen-bond acceptors (Lipinski definition) is 0. The predicted molar refractivity (Wildman–Crippen MR) is 73.9 cm³/mol. The molecule has 5 rings (SSSR count). The molecule has 0 aromatic rings. The van der Waals surface area contributed by atoms with E-state index in [1.807, 2.05) is 0 Å². The third kappa shape index (κ3) is 0.991. The first-order valence-electron chi connectivity index (χ1n) is 8.45. The SMILES string of the molecule is CC1C2C=CC1C1C3C(C)C(CC4CCCC43)C21. The molecular formula is C18H26. The van der Waals surface area contributed by atoms with Gasteiger partial charge < -0.3 is 0 Å². The highest BCUT2D eigenvalue weighted by molar-refractivity contribution is 5.23. The van der Waals surface area contributed by atoms with E-state index in [1.165, 1.54) is 0 Å². The van der Waals surface area contributed by atoms with Crippen molar-refractivity contribution >= 4 is 0 Å². The van der Waals surface area contributed by atoms with Crippen molar-refractivity contribution in [1.82, 2.24) is 0 Å². The molecule has 5 aliphatic carbocycles. The van der Waals surface area contributed by atoms with Crippen molar-refractivity contribution in [3.05, 3.63) is 12.2 Å². The zero-order chi connectivity index (χ0) is 12.0. The van der Waals surface area contributed by atoms with Crippen LogP contribution in [0, 0.1) is 59.2 Å². The van der Waals surface area contributed by atoms with Gasteiger partial charge in [-0.15, -0.1) is 0 Å². The molecule has 18 heavy (non-hydrogen) atoms. The standard InChI is InChI=1S/C18H26/c1-9-12-6-7-13(9)18-16-10(2)15(17(12)18)8-11-4-3-5-14(11)16/h6-7,9-18H,3-5,8H2,1-2H3. The fourth-order valence-corrected chi connectivity index (χ4v) is 7.67. The highest BCUT2D eigenvalue weighted by Gasteiger charge is 2.65. The van der Waals surface area contributed by atoms with Gasteiger partial charge >= 0.3 is 0 Å². The third-order valence-electron chi connectivity index (χ3n) is 8.11. The zero-order valence-electron chi connectivity index (χ0n) is 11.8. The van der Waals surface area contributed by atoms with E-state index in [-0.39, 0.29) is 0 Å². The monoisotopic (exact) mass is 242 g/mol. The fourth-order valence-electron chi connectivity index (χ4n) is 7.67. The molecule has 0 heteroatoms. The predicted octanol–water partition coefficient (Wildman–Crippen LogP) is 4.37. The van der Waals surface area contributed by atoms with E-state index in [0.717, 1.165) is 59.2 Å². The van der Waals surface area contributed by atoms with Gasteiger partial charge in [0.15, 0.2) is 0 Å². The molecule has 0 aliphatic heterocycles. The number of allylic oxidation sites excluding steroid dienone is 2. The van der Waals surface area contributed by atoms with Crippen molar-refractivity contribution in [3.63, 3.8) is 0 Å². The Bertz CT molecular complexity index is 408. The quantitative estimate of drug-likeness (QED) is 0.437. The Kier molecular flexibility index (Phi) is 1.90. The molecule has 0 aromatic heterocycles. The lowest BCUT2D eigenvalue weighted by Gasteiger charge is -2.40. The Morgan fingerprint density at radius 1 is 0.778 bits per heavy atom. The smallest absolute Gasteiger partial charge is 0.0168 e. The first-order chi connectivity index (χ1) is 8.77. The van der Waals surface area contributed by atoms with Crippen LogP contribution in [0.25, 0.3) is 0 Å². The molecule has 0 radical (unpaired) electrons. The molecule has 98 valence electrons. The summed E-state index contributed by atoms with van der Waals surface area (Å²) in [5, 5.41) is 0. The van der Waals surface area contributed by atoms with Gasteiger partial charge in [-0.25, -0.2) is 0 Å². The topological polar surface area (TPSA) is 0 Å². The van der Waals surface area contributed by atoms with Crippen LogP contribution in [-0.4, -0.2) is 0 Å². The molecule has 5 aliphatic rings. The normalized spacial score (nSPS) is 67.4. The molecule has 0 spiro atoms. The van der Waals surface area contributed by atoms with Crippen LogP contribution in [0.5, 0.6) is 0 Å². The van der Waals surface area contributed by atoms with Crippen molar-refractivity contribution < 1.29 is 0 Å². The van der Waals surface area contributed by atoms with E-state index in [0.29, 0.717) is 0 Å². The molecule has 10 atom stereocenters. The van der Waals surface area contributed by atoms with Gasteiger partial charge in [-0.3, -0.25) is 0 Å². The first kappa shape index (κ1) is 10.5. The van der Waals surface area contributed by atoms with Crippen LogP contribution in [0.1, 0.15) is 39.5 Å². The van der Waals surface area contributed by atoms with Gasteiger partial charge in [0.05, 0.1) is 0 Å². The minimum Gasteiger partial charge on any atom is -0.0845 e. The summed E-state index contributed by atoms with van der Waals surface area (Å²) in [6.07, 6.45) is 11.5. The Morgan fingerprint density at radius 2 is 1.56 bits per heavy atom. The van der Waals surface area contributed by atoms with Crippen molar-refractivity contribution in [2.24, 2.45) is 59.2 Å². The lowest BCUT2D eigenvalue weighted by atomic mass is 9.65. The second-order valence-corrected chi connectivity index (χ2v) is 8.24. The van der Waals surface area contributed by atoms with Gasteiger partial charge in [0.1, 0.15) is 0 Å². The molecule has 4 bridgehead atoms. The van der Waals surface area contributed by atoms with Gasteiger partial charge in [-0.05, 0) is 72.0 Å². The second-order valence-electron chi connectivity index (χ2n) is 8.24. The maximum Gasteiger partial charge on any atom is -0.0168 e. The molecule has 0 N–H and O–H groups in total. The molecule has 4 saturated carbocycles. The molecule has 4 fully saturated rings. The van der Waals surface area contributed by atoms with Gasteiger partial charge in [-0.1, -0.05) is 38.8 Å². The third-order valence-corrected chi connectivity index (χ3v) is 8.11. The molecule has 0 aromatic carbocycles. The van der Waals surface area contributed by atoms with Crippen LogP contribution < -0.4 is 0 Å². The van der Waals surface area contributed by atoms with Crippen LogP contribution in [0.2, 0.25) is 0 Å². The zero-order valence-corrected chi connectivity index (χ0v) is 11.8. The summed E-state index contributed by atoms with van der Waals surface area (Å²) in [7, 11) is 0. The Hall–Kier alpha value is -0.260. The summed E-state index contributed by atoms with van der Waals surface area (Å²) >= 11 is 0. The minimum absolute atomic E-state index is 0.969. The Labute approximate surface area is 111 Å². The lowest BCUT2D eigenvalue weighted by molar-refractivity contribution is 0.0830. The average molecular weight is 242 g/mol. The van der Waals surface area contributed by atoms with Crippen molar-refractivity contribution in [1.29, 1.82) is 0 Å². The number of rotatable bonds is 0. The number of fused-ring (bicyclic) bond motifs is 11. The van der Waals surface area contributed by atoms with Crippen LogP contribution in [0.4, 0.5) is 0 Å². The van der Waals surface area contributed by atoms with Crippen LogP contribution in [0.3, 0.4) is 0 Å². The maximum absolute atomic E-state index is 2.62. The highest BCUT2D eigenvalue weighted by Crippen LogP contribution is 2.71. The fraction of sp³-hybridized carbons (Fsp3) is 0.889. The molecular weight excluding hydrogens is 216 g/mol. The molecule has 0 heterocycles. The molecule has 0 amide bonds. The molecule has 0 saturated heterocycles. The van der Waals surface area contributed by atoms with Gasteiger partial charge in [0, 0.05) is 0 Å². The van der Waals surface area contributed by atoms with Crippen molar-refractivity contribution in [3.8, 4) is 0 Å². The second kappa shape index (κ2) is 3.25.